The lowest BCUT2D eigenvalue weighted by atomic mass is 10.3. The molecule has 0 aliphatic carbocycles. The maximum absolute atomic E-state index is 11.7. The maximum Gasteiger partial charge on any atom is 0.279 e. The van der Waals surface area contributed by atoms with Gasteiger partial charge in [0.15, 0.2) is 0 Å². The summed E-state index contributed by atoms with van der Waals surface area (Å²) in [5, 5.41) is 8.67. The molecule has 0 aromatic carbocycles. The molecule has 0 aliphatic heterocycles. The zero-order valence-electron chi connectivity index (χ0n) is 11.2. The first-order valence-electron chi connectivity index (χ1n) is 6.34. The molecule has 110 valence electrons. The molecule has 0 saturated carbocycles. The average Bonchev–Trinajstić information content (AvgIpc) is 2.88. The molecule has 0 fully saturated rings. The number of aliphatic hydroxyl groups is 1. The first-order chi connectivity index (χ1) is 9.06. The highest BCUT2D eigenvalue weighted by Gasteiger charge is 2.15. The van der Waals surface area contributed by atoms with E-state index >= 15 is 0 Å². The fourth-order valence-corrected chi connectivity index (χ4v) is 2.56. The van der Waals surface area contributed by atoms with E-state index in [1.165, 1.54) is 11.4 Å². The molecule has 1 heterocycles. The van der Waals surface area contributed by atoms with E-state index in [-0.39, 0.29) is 6.61 Å². The smallest absolute Gasteiger partial charge is 0.279 e. The van der Waals surface area contributed by atoms with Crippen molar-refractivity contribution in [2.75, 3.05) is 26.7 Å². The van der Waals surface area contributed by atoms with Crippen molar-refractivity contribution in [1.29, 1.82) is 0 Å². The van der Waals surface area contributed by atoms with Crippen LogP contribution in [-0.4, -0.2) is 54.1 Å². The van der Waals surface area contributed by atoms with Crippen molar-refractivity contribution in [2.45, 2.75) is 25.8 Å². The molecule has 0 unspecified atom stereocenters. The first-order valence-corrected chi connectivity index (χ1v) is 7.78. The second kappa shape index (κ2) is 8.26. The molecule has 0 atom stereocenters. The Morgan fingerprint density at radius 3 is 2.79 bits per heavy atom. The third-order valence-corrected chi connectivity index (χ3v) is 4.30. The Labute approximate surface area is 114 Å². The fourth-order valence-electron chi connectivity index (χ4n) is 1.56. The highest BCUT2D eigenvalue weighted by Crippen LogP contribution is 1.98. The van der Waals surface area contributed by atoms with Crippen molar-refractivity contribution < 1.29 is 13.5 Å². The molecule has 1 rings (SSSR count). The van der Waals surface area contributed by atoms with Gasteiger partial charge in [-0.1, -0.05) is 0 Å². The lowest BCUT2D eigenvalue weighted by Gasteiger charge is -2.17. The molecule has 0 bridgehead atoms. The van der Waals surface area contributed by atoms with Gasteiger partial charge in [0.25, 0.3) is 10.2 Å². The second-order valence-corrected chi connectivity index (χ2v) is 6.17. The Bertz CT molecular complexity index is 433. The first kappa shape index (κ1) is 16.1. The van der Waals surface area contributed by atoms with Gasteiger partial charge in [-0.15, -0.1) is 0 Å². The van der Waals surface area contributed by atoms with Crippen molar-refractivity contribution in [3.05, 3.63) is 18.7 Å². The van der Waals surface area contributed by atoms with Gasteiger partial charge in [-0.2, -0.15) is 12.7 Å². The van der Waals surface area contributed by atoms with E-state index in [2.05, 4.69) is 9.71 Å². The predicted molar refractivity (Wildman–Crippen MR) is 72.7 cm³/mol. The SMILES string of the molecule is CN(CCCO)S(=O)(=O)NCCCCn1ccnc1. The molecule has 1 aromatic heterocycles. The summed E-state index contributed by atoms with van der Waals surface area (Å²) in [5.74, 6) is 0. The summed E-state index contributed by atoms with van der Waals surface area (Å²) in [5.41, 5.74) is 0. The van der Waals surface area contributed by atoms with Crippen LogP contribution in [0.1, 0.15) is 19.3 Å². The minimum atomic E-state index is -3.41. The number of rotatable bonds is 10. The number of nitrogens with one attached hydrogen (secondary N) is 1. The van der Waals surface area contributed by atoms with E-state index in [1.807, 2.05) is 10.8 Å². The number of aryl methyl sites for hydroxylation is 1. The van der Waals surface area contributed by atoms with Gasteiger partial charge >= 0.3 is 0 Å². The van der Waals surface area contributed by atoms with Crippen molar-refractivity contribution in [3.63, 3.8) is 0 Å². The predicted octanol–water partition coefficient (Wildman–Crippen LogP) is -0.188. The summed E-state index contributed by atoms with van der Waals surface area (Å²) >= 11 is 0. The molecule has 0 aliphatic rings. The van der Waals surface area contributed by atoms with E-state index in [9.17, 15) is 8.42 Å². The molecular formula is C11H22N4O3S. The van der Waals surface area contributed by atoms with Gasteiger partial charge in [0.2, 0.25) is 0 Å². The standard InChI is InChI=1S/C11H22N4O3S/c1-14(7-4-10-16)19(17,18)13-5-2-3-8-15-9-6-12-11-15/h6,9,11,13,16H,2-5,7-8,10H2,1H3. The number of hydrogen-bond acceptors (Lipinski definition) is 4. The number of aliphatic hydroxyl groups excluding tert-OH is 1. The molecule has 1 aromatic rings. The van der Waals surface area contributed by atoms with Crippen molar-refractivity contribution >= 4 is 10.2 Å². The molecule has 0 amide bonds. The van der Waals surface area contributed by atoms with E-state index in [0.717, 1.165) is 19.4 Å². The van der Waals surface area contributed by atoms with Crippen LogP contribution in [0.15, 0.2) is 18.7 Å². The number of hydrogen-bond donors (Lipinski definition) is 2. The lowest BCUT2D eigenvalue weighted by Crippen LogP contribution is -2.39. The summed E-state index contributed by atoms with van der Waals surface area (Å²) in [6, 6.07) is 0. The summed E-state index contributed by atoms with van der Waals surface area (Å²) in [4.78, 5) is 3.94. The molecule has 0 saturated heterocycles. The largest absolute Gasteiger partial charge is 0.396 e. The highest BCUT2D eigenvalue weighted by molar-refractivity contribution is 7.87. The molecule has 7 nitrogen and oxygen atoms in total. The Morgan fingerprint density at radius 2 is 2.16 bits per heavy atom. The summed E-state index contributed by atoms with van der Waals surface area (Å²) in [6.45, 7) is 1.56. The van der Waals surface area contributed by atoms with Gasteiger partial charge in [0, 0.05) is 45.7 Å². The second-order valence-electron chi connectivity index (χ2n) is 4.31. The number of aromatic nitrogens is 2. The van der Waals surface area contributed by atoms with Gasteiger partial charge in [-0.3, -0.25) is 0 Å². The van der Waals surface area contributed by atoms with Crippen LogP contribution in [-0.2, 0) is 16.8 Å². The minimum Gasteiger partial charge on any atom is -0.396 e. The Kier molecular flexibility index (Phi) is 7.00. The van der Waals surface area contributed by atoms with E-state index in [4.69, 9.17) is 5.11 Å². The normalized spacial score (nSPS) is 12.2. The van der Waals surface area contributed by atoms with Crippen molar-refractivity contribution in [3.8, 4) is 0 Å². The average molecular weight is 290 g/mol. The monoisotopic (exact) mass is 290 g/mol. The van der Waals surface area contributed by atoms with Crippen LogP contribution < -0.4 is 4.72 Å². The zero-order chi connectivity index (χ0) is 14.1. The van der Waals surface area contributed by atoms with Crippen LogP contribution in [0.5, 0.6) is 0 Å². The number of imidazole rings is 1. The van der Waals surface area contributed by atoms with Crippen LogP contribution in [0, 0.1) is 0 Å². The van der Waals surface area contributed by atoms with Crippen LogP contribution in [0.4, 0.5) is 0 Å². The van der Waals surface area contributed by atoms with Gasteiger partial charge < -0.3 is 9.67 Å². The van der Waals surface area contributed by atoms with Crippen LogP contribution in [0.2, 0.25) is 0 Å². The number of unbranched alkanes of at least 4 members (excludes halogenated alkanes) is 1. The summed E-state index contributed by atoms with van der Waals surface area (Å²) in [6.07, 6.45) is 7.45. The maximum atomic E-state index is 11.7. The lowest BCUT2D eigenvalue weighted by molar-refractivity contribution is 0.275. The fraction of sp³-hybridized carbons (Fsp3) is 0.727. The molecular weight excluding hydrogens is 268 g/mol. The summed E-state index contributed by atoms with van der Waals surface area (Å²) in [7, 11) is -1.91. The van der Waals surface area contributed by atoms with Gasteiger partial charge in [0.05, 0.1) is 6.33 Å². The van der Waals surface area contributed by atoms with Gasteiger partial charge in [-0.25, -0.2) is 9.71 Å². The molecule has 8 heteroatoms. The van der Waals surface area contributed by atoms with Crippen LogP contribution in [0.3, 0.4) is 0 Å². The zero-order valence-corrected chi connectivity index (χ0v) is 12.0. The Hall–Kier alpha value is -0.960. The van der Waals surface area contributed by atoms with E-state index in [0.29, 0.717) is 19.5 Å². The van der Waals surface area contributed by atoms with E-state index < -0.39 is 10.2 Å². The molecule has 19 heavy (non-hydrogen) atoms. The van der Waals surface area contributed by atoms with Crippen molar-refractivity contribution in [1.82, 2.24) is 18.6 Å². The Balaban J connectivity index is 2.16. The third-order valence-electron chi connectivity index (χ3n) is 2.73. The molecule has 0 spiro atoms. The number of nitrogens with zero attached hydrogens (tertiary/aromatic N) is 3. The van der Waals surface area contributed by atoms with E-state index in [1.54, 1.807) is 12.5 Å². The van der Waals surface area contributed by atoms with Crippen LogP contribution >= 0.6 is 0 Å². The molecule has 0 radical (unpaired) electrons. The van der Waals surface area contributed by atoms with Gasteiger partial charge in [-0.05, 0) is 19.3 Å². The quantitative estimate of drug-likeness (QED) is 0.585. The summed E-state index contributed by atoms with van der Waals surface area (Å²) < 4.78 is 29.2. The third kappa shape index (κ3) is 6.15. The van der Waals surface area contributed by atoms with Crippen LogP contribution in [0.25, 0.3) is 0 Å². The van der Waals surface area contributed by atoms with Crippen molar-refractivity contribution in [2.24, 2.45) is 0 Å². The highest BCUT2D eigenvalue weighted by atomic mass is 32.2. The molecule has 2 N–H and O–H groups in total. The topological polar surface area (TPSA) is 87.5 Å². The minimum absolute atomic E-state index is 0.00916. The Morgan fingerprint density at radius 1 is 1.37 bits per heavy atom. The van der Waals surface area contributed by atoms with Gasteiger partial charge in [0.1, 0.15) is 0 Å².